The smallest absolute Gasteiger partial charge is 0.212 e. The zero-order chi connectivity index (χ0) is 13.2. The molecular formula is C15H9FN2O. The summed E-state index contributed by atoms with van der Waals surface area (Å²) in [6, 6.07) is 11.9. The van der Waals surface area contributed by atoms with Gasteiger partial charge in [-0.3, -0.25) is 9.78 Å². The molecule has 0 spiro atoms. The molecule has 0 fully saturated rings. The van der Waals surface area contributed by atoms with Gasteiger partial charge in [0.15, 0.2) is 0 Å². The van der Waals surface area contributed by atoms with Crippen LogP contribution in [0, 0.1) is 5.82 Å². The van der Waals surface area contributed by atoms with Crippen LogP contribution in [-0.2, 0) is 0 Å². The molecule has 2 heterocycles. The molecular weight excluding hydrogens is 243 g/mol. The fourth-order valence-electron chi connectivity index (χ4n) is 1.85. The molecule has 2 aromatic heterocycles. The van der Waals surface area contributed by atoms with Gasteiger partial charge in [0.05, 0.1) is 11.7 Å². The van der Waals surface area contributed by atoms with Gasteiger partial charge in [-0.05, 0) is 24.3 Å². The van der Waals surface area contributed by atoms with Crippen LogP contribution in [0.5, 0.6) is 0 Å². The number of rotatable bonds is 2. The van der Waals surface area contributed by atoms with E-state index < -0.39 is 5.82 Å². The SMILES string of the molecule is O=C(c1cnc2ccccc2c1)c1ccc(F)cn1. The summed E-state index contributed by atoms with van der Waals surface area (Å²) in [5, 5.41) is 0.885. The molecule has 0 bridgehead atoms. The molecule has 1 aromatic carbocycles. The number of hydrogen-bond donors (Lipinski definition) is 0. The molecule has 0 aliphatic heterocycles. The van der Waals surface area contributed by atoms with Crippen LogP contribution >= 0.6 is 0 Å². The van der Waals surface area contributed by atoms with Crippen molar-refractivity contribution in [3.63, 3.8) is 0 Å². The van der Waals surface area contributed by atoms with Crippen molar-refractivity contribution >= 4 is 16.7 Å². The molecule has 0 aliphatic rings. The number of fused-ring (bicyclic) bond motifs is 1. The van der Waals surface area contributed by atoms with E-state index in [0.717, 1.165) is 17.1 Å². The molecule has 3 aromatic rings. The highest BCUT2D eigenvalue weighted by atomic mass is 19.1. The molecule has 19 heavy (non-hydrogen) atoms. The average molecular weight is 252 g/mol. The maximum absolute atomic E-state index is 12.8. The van der Waals surface area contributed by atoms with Gasteiger partial charge in [-0.25, -0.2) is 9.37 Å². The van der Waals surface area contributed by atoms with Gasteiger partial charge < -0.3 is 0 Å². The largest absolute Gasteiger partial charge is 0.287 e. The molecule has 0 saturated heterocycles. The quantitative estimate of drug-likeness (QED) is 0.658. The van der Waals surface area contributed by atoms with Crippen LogP contribution in [0.4, 0.5) is 4.39 Å². The Morgan fingerprint density at radius 2 is 1.84 bits per heavy atom. The number of halogens is 1. The van der Waals surface area contributed by atoms with Crippen LogP contribution < -0.4 is 0 Å². The van der Waals surface area contributed by atoms with Gasteiger partial charge in [-0.15, -0.1) is 0 Å². The lowest BCUT2D eigenvalue weighted by Crippen LogP contribution is -2.04. The molecule has 0 atom stereocenters. The Morgan fingerprint density at radius 1 is 1.00 bits per heavy atom. The van der Waals surface area contributed by atoms with Gasteiger partial charge in [0.25, 0.3) is 0 Å². The summed E-state index contributed by atoms with van der Waals surface area (Å²) < 4.78 is 12.8. The summed E-state index contributed by atoms with van der Waals surface area (Å²) in [5.74, 6) is -0.730. The van der Waals surface area contributed by atoms with Crippen molar-refractivity contribution in [1.82, 2.24) is 9.97 Å². The summed E-state index contributed by atoms with van der Waals surface area (Å²) >= 11 is 0. The first kappa shape index (κ1) is 11.5. The predicted molar refractivity (Wildman–Crippen MR) is 69.4 cm³/mol. The topological polar surface area (TPSA) is 42.9 Å². The van der Waals surface area contributed by atoms with Crippen molar-refractivity contribution in [2.24, 2.45) is 0 Å². The molecule has 3 rings (SSSR count). The monoisotopic (exact) mass is 252 g/mol. The standard InChI is InChI=1S/C15H9FN2O/c16-12-5-6-14(18-9-12)15(19)11-7-10-3-1-2-4-13(10)17-8-11/h1-9H. The van der Waals surface area contributed by atoms with Crippen molar-refractivity contribution in [2.75, 3.05) is 0 Å². The number of para-hydroxylation sites is 1. The molecule has 0 radical (unpaired) electrons. The highest BCUT2D eigenvalue weighted by molar-refractivity contribution is 6.08. The number of benzene rings is 1. The van der Waals surface area contributed by atoms with Crippen LogP contribution in [-0.4, -0.2) is 15.8 Å². The average Bonchev–Trinajstić information content (AvgIpc) is 2.47. The first-order valence-corrected chi connectivity index (χ1v) is 5.75. The third-order valence-electron chi connectivity index (χ3n) is 2.81. The lowest BCUT2D eigenvalue weighted by atomic mass is 10.1. The van der Waals surface area contributed by atoms with Gasteiger partial charge >= 0.3 is 0 Å². The highest BCUT2D eigenvalue weighted by Gasteiger charge is 2.11. The summed E-state index contributed by atoms with van der Waals surface area (Å²) in [4.78, 5) is 20.2. The number of nitrogens with zero attached hydrogens (tertiary/aromatic N) is 2. The van der Waals surface area contributed by atoms with Gasteiger partial charge in [0.1, 0.15) is 11.5 Å². The fourth-order valence-corrected chi connectivity index (χ4v) is 1.85. The maximum atomic E-state index is 12.8. The fraction of sp³-hybridized carbons (Fsp3) is 0. The second-order valence-electron chi connectivity index (χ2n) is 4.11. The highest BCUT2D eigenvalue weighted by Crippen LogP contribution is 2.15. The molecule has 3 nitrogen and oxygen atoms in total. The summed E-state index contributed by atoms with van der Waals surface area (Å²) in [7, 11) is 0. The Labute approximate surface area is 108 Å². The Bertz CT molecular complexity index is 753. The van der Waals surface area contributed by atoms with Gasteiger partial charge in [-0.2, -0.15) is 0 Å². The van der Waals surface area contributed by atoms with E-state index in [4.69, 9.17) is 0 Å². The lowest BCUT2D eigenvalue weighted by molar-refractivity contribution is 0.103. The first-order valence-electron chi connectivity index (χ1n) is 5.75. The number of hydrogen-bond acceptors (Lipinski definition) is 3. The van der Waals surface area contributed by atoms with Crippen molar-refractivity contribution in [3.05, 3.63) is 71.9 Å². The molecule has 0 amide bonds. The number of pyridine rings is 2. The second-order valence-corrected chi connectivity index (χ2v) is 4.11. The molecule has 0 saturated carbocycles. The van der Waals surface area contributed by atoms with Crippen LogP contribution in [0.3, 0.4) is 0 Å². The Hall–Kier alpha value is -2.62. The predicted octanol–water partition coefficient (Wildman–Crippen LogP) is 3.00. The minimum Gasteiger partial charge on any atom is -0.287 e. The van der Waals surface area contributed by atoms with Crippen LogP contribution in [0.2, 0.25) is 0 Å². The number of aromatic nitrogens is 2. The number of carbonyl (C=O) groups is 1. The van der Waals surface area contributed by atoms with E-state index >= 15 is 0 Å². The lowest BCUT2D eigenvalue weighted by Gasteiger charge is -2.02. The molecule has 0 N–H and O–H groups in total. The van der Waals surface area contributed by atoms with Crippen molar-refractivity contribution in [1.29, 1.82) is 0 Å². The van der Waals surface area contributed by atoms with Crippen LogP contribution in [0.1, 0.15) is 16.1 Å². The Kier molecular flexibility index (Phi) is 2.76. The zero-order valence-corrected chi connectivity index (χ0v) is 9.88. The van der Waals surface area contributed by atoms with Gasteiger partial charge in [0, 0.05) is 17.1 Å². The number of carbonyl (C=O) groups excluding carboxylic acids is 1. The van der Waals surface area contributed by atoms with Gasteiger partial charge in [-0.1, -0.05) is 18.2 Å². The van der Waals surface area contributed by atoms with Gasteiger partial charge in [0.2, 0.25) is 5.78 Å². The first-order chi connectivity index (χ1) is 9.24. The van der Waals surface area contributed by atoms with E-state index in [2.05, 4.69) is 9.97 Å². The summed E-state index contributed by atoms with van der Waals surface area (Å²) in [5.41, 5.74) is 1.47. The zero-order valence-electron chi connectivity index (χ0n) is 9.88. The van der Waals surface area contributed by atoms with Crippen LogP contribution in [0.25, 0.3) is 10.9 Å². The van der Waals surface area contributed by atoms with Crippen molar-refractivity contribution < 1.29 is 9.18 Å². The molecule has 4 heteroatoms. The van der Waals surface area contributed by atoms with E-state index in [-0.39, 0.29) is 11.5 Å². The van der Waals surface area contributed by atoms with E-state index in [0.29, 0.717) is 5.56 Å². The molecule has 0 unspecified atom stereocenters. The van der Waals surface area contributed by atoms with E-state index in [1.54, 1.807) is 6.07 Å². The van der Waals surface area contributed by atoms with E-state index in [9.17, 15) is 9.18 Å². The Morgan fingerprint density at radius 3 is 2.63 bits per heavy atom. The minimum atomic E-state index is -0.465. The third kappa shape index (κ3) is 2.20. The normalized spacial score (nSPS) is 10.6. The summed E-state index contributed by atoms with van der Waals surface area (Å²) in [6.07, 6.45) is 2.54. The van der Waals surface area contributed by atoms with Crippen LogP contribution in [0.15, 0.2) is 54.9 Å². The summed E-state index contributed by atoms with van der Waals surface area (Å²) in [6.45, 7) is 0. The maximum Gasteiger partial charge on any atom is 0.212 e. The minimum absolute atomic E-state index is 0.207. The second kappa shape index (κ2) is 4.57. The Balaban J connectivity index is 2.04. The molecule has 0 aliphatic carbocycles. The third-order valence-corrected chi connectivity index (χ3v) is 2.81. The van der Waals surface area contributed by atoms with E-state index in [1.807, 2.05) is 24.3 Å². The van der Waals surface area contributed by atoms with Crippen molar-refractivity contribution in [3.8, 4) is 0 Å². The molecule has 92 valence electrons. The van der Waals surface area contributed by atoms with E-state index in [1.165, 1.54) is 18.3 Å². The number of ketones is 1. The van der Waals surface area contributed by atoms with Crippen molar-refractivity contribution in [2.45, 2.75) is 0 Å².